The molecule has 0 spiro atoms. The summed E-state index contributed by atoms with van der Waals surface area (Å²) in [6.07, 6.45) is 1.65. The molecule has 1 atom stereocenters. The van der Waals surface area contributed by atoms with Gasteiger partial charge in [0.2, 0.25) is 5.91 Å². The summed E-state index contributed by atoms with van der Waals surface area (Å²) < 4.78 is 7.12. The van der Waals surface area contributed by atoms with E-state index in [9.17, 15) is 9.59 Å². The minimum atomic E-state index is -0.186. The Morgan fingerprint density at radius 2 is 2.25 bits per heavy atom. The molecule has 1 saturated heterocycles. The number of likely N-dealkylation sites (tertiary alicyclic amines) is 1. The second-order valence-electron chi connectivity index (χ2n) is 5.67. The van der Waals surface area contributed by atoms with E-state index < -0.39 is 0 Å². The Labute approximate surface area is 149 Å². The molecule has 2 aromatic rings. The van der Waals surface area contributed by atoms with E-state index in [2.05, 4.69) is 4.98 Å². The van der Waals surface area contributed by atoms with Crippen molar-refractivity contribution in [3.63, 3.8) is 0 Å². The molecule has 1 aliphatic heterocycles. The van der Waals surface area contributed by atoms with Crippen molar-refractivity contribution in [2.24, 2.45) is 5.92 Å². The molecule has 3 rings (SSSR count). The van der Waals surface area contributed by atoms with Gasteiger partial charge in [0.1, 0.15) is 0 Å². The Balaban J connectivity index is 1.55. The fraction of sp³-hybridized carbons (Fsp3) is 0.471. The van der Waals surface area contributed by atoms with Crippen LogP contribution in [-0.2, 0) is 14.3 Å². The van der Waals surface area contributed by atoms with Crippen molar-refractivity contribution in [2.75, 3.05) is 25.4 Å². The van der Waals surface area contributed by atoms with Crippen molar-refractivity contribution in [3.05, 3.63) is 24.3 Å². The van der Waals surface area contributed by atoms with Crippen LogP contribution in [0.2, 0.25) is 0 Å². The highest BCUT2D eigenvalue weighted by Gasteiger charge is 2.29. The Kier molecular flexibility index (Phi) is 5.73. The Morgan fingerprint density at radius 3 is 3.04 bits per heavy atom. The molecular formula is C17H20N2O3S2. The molecule has 0 radical (unpaired) electrons. The maximum atomic E-state index is 12.4. The van der Waals surface area contributed by atoms with Gasteiger partial charge >= 0.3 is 5.97 Å². The minimum absolute atomic E-state index is 0.0632. The molecule has 7 heteroatoms. The second kappa shape index (κ2) is 7.98. The van der Waals surface area contributed by atoms with Crippen LogP contribution >= 0.6 is 23.1 Å². The van der Waals surface area contributed by atoms with Gasteiger partial charge in [-0.25, -0.2) is 4.98 Å². The van der Waals surface area contributed by atoms with Gasteiger partial charge < -0.3 is 9.64 Å². The first-order chi connectivity index (χ1) is 11.7. The van der Waals surface area contributed by atoms with E-state index in [-0.39, 0.29) is 17.8 Å². The standard InChI is InChI=1S/C17H20N2O3S2/c1-2-22-16(21)12-6-5-9-19(10-12)15(20)11-23-17-18-13-7-3-4-8-14(13)24-17/h3-4,7-8,12H,2,5-6,9-11H2,1H3. The molecule has 1 unspecified atom stereocenters. The van der Waals surface area contributed by atoms with Gasteiger partial charge in [0.15, 0.2) is 4.34 Å². The van der Waals surface area contributed by atoms with Gasteiger partial charge in [-0.1, -0.05) is 23.9 Å². The topological polar surface area (TPSA) is 59.5 Å². The number of benzene rings is 1. The third-order valence-electron chi connectivity index (χ3n) is 3.99. The number of rotatable bonds is 5. The SMILES string of the molecule is CCOC(=O)C1CCCN(C(=O)CSc2nc3ccccc3s2)C1. The molecule has 0 saturated carbocycles. The van der Waals surface area contributed by atoms with Crippen LogP contribution in [0.15, 0.2) is 28.6 Å². The molecule has 1 fully saturated rings. The van der Waals surface area contributed by atoms with Crippen LogP contribution in [-0.4, -0.2) is 47.2 Å². The van der Waals surface area contributed by atoms with E-state index in [0.717, 1.165) is 33.9 Å². The maximum Gasteiger partial charge on any atom is 0.310 e. The van der Waals surface area contributed by atoms with Crippen LogP contribution in [0.5, 0.6) is 0 Å². The van der Waals surface area contributed by atoms with E-state index in [1.165, 1.54) is 11.8 Å². The van der Waals surface area contributed by atoms with Crippen LogP contribution in [0.1, 0.15) is 19.8 Å². The van der Waals surface area contributed by atoms with E-state index in [1.807, 2.05) is 24.3 Å². The quantitative estimate of drug-likeness (QED) is 0.602. The normalized spacial score (nSPS) is 17.9. The van der Waals surface area contributed by atoms with Gasteiger partial charge in [0, 0.05) is 13.1 Å². The number of aromatic nitrogens is 1. The summed E-state index contributed by atoms with van der Waals surface area (Å²) >= 11 is 3.07. The number of ether oxygens (including phenoxy) is 1. The summed E-state index contributed by atoms with van der Waals surface area (Å²) in [5, 5.41) is 0. The molecular weight excluding hydrogens is 344 g/mol. The average Bonchev–Trinajstić information content (AvgIpc) is 3.03. The summed E-state index contributed by atoms with van der Waals surface area (Å²) in [7, 11) is 0. The molecule has 1 amide bonds. The number of amides is 1. The highest BCUT2D eigenvalue weighted by molar-refractivity contribution is 8.01. The van der Waals surface area contributed by atoms with Crippen LogP contribution in [0.4, 0.5) is 0 Å². The maximum absolute atomic E-state index is 12.4. The third-order valence-corrected chi connectivity index (χ3v) is 6.15. The molecule has 1 aromatic heterocycles. The third kappa shape index (κ3) is 4.08. The van der Waals surface area contributed by atoms with E-state index in [4.69, 9.17) is 4.74 Å². The van der Waals surface area contributed by atoms with Crippen LogP contribution in [0, 0.1) is 5.92 Å². The molecule has 128 valence electrons. The number of fused-ring (bicyclic) bond motifs is 1. The first kappa shape index (κ1) is 17.2. The second-order valence-corrected chi connectivity index (χ2v) is 7.92. The number of hydrogen-bond donors (Lipinski definition) is 0. The predicted molar refractivity (Wildman–Crippen MR) is 96.3 cm³/mol. The molecule has 1 aromatic carbocycles. The summed E-state index contributed by atoms with van der Waals surface area (Å²) in [4.78, 5) is 30.6. The molecule has 0 aliphatic carbocycles. The lowest BCUT2D eigenvalue weighted by Crippen LogP contribution is -2.43. The highest BCUT2D eigenvalue weighted by Crippen LogP contribution is 2.29. The first-order valence-corrected chi connectivity index (χ1v) is 9.90. The number of thioether (sulfide) groups is 1. The molecule has 24 heavy (non-hydrogen) atoms. The number of carbonyl (C=O) groups is 2. The van der Waals surface area contributed by atoms with Crippen molar-refractivity contribution in [3.8, 4) is 0 Å². The summed E-state index contributed by atoms with van der Waals surface area (Å²) in [6.45, 7) is 3.38. The summed E-state index contributed by atoms with van der Waals surface area (Å²) in [6, 6.07) is 7.97. The zero-order valence-electron chi connectivity index (χ0n) is 13.6. The number of esters is 1. The zero-order valence-corrected chi connectivity index (χ0v) is 15.2. The average molecular weight is 364 g/mol. The van der Waals surface area contributed by atoms with Crippen molar-refractivity contribution in [1.82, 2.24) is 9.88 Å². The molecule has 5 nitrogen and oxygen atoms in total. The smallest absolute Gasteiger partial charge is 0.310 e. The number of para-hydroxylation sites is 1. The van der Waals surface area contributed by atoms with Gasteiger partial charge in [0.25, 0.3) is 0 Å². The fourth-order valence-electron chi connectivity index (χ4n) is 2.78. The van der Waals surface area contributed by atoms with Gasteiger partial charge in [-0.3, -0.25) is 9.59 Å². The molecule has 0 N–H and O–H groups in total. The Morgan fingerprint density at radius 1 is 1.42 bits per heavy atom. The predicted octanol–water partition coefficient (Wildman–Crippen LogP) is 3.19. The lowest BCUT2D eigenvalue weighted by atomic mass is 9.98. The first-order valence-electron chi connectivity index (χ1n) is 8.10. The Bertz CT molecular complexity index is 698. The number of carbonyl (C=O) groups excluding carboxylic acids is 2. The summed E-state index contributed by atoms with van der Waals surface area (Å²) in [5.74, 6) is 0.0483. The number of piperidine rings is 1. The Hall–Kier alpha value is -1.60. The number of nitrogens with zero attached hydrogens (tertiary/aromatic N) is 2. The monoisotopic (exact) mass is 364 g/mol. The van der Waals surface area contributed by atoms with Crippen molar-refractivity contribution >= 4 is 45.2 Å². The lowest BCUT2D eigenvalue weighted by molar-refractivity contribution is -0.151. The number of thiazole rings is 1. The summed E-state index contributed by atoms with van der Waals surface area (Å²) in [5.41, 5.74) is 0.970. The lowest BCUT2D eigenvalue weighted by Gasteiger charge is -2.31. The van der Waals surface area contributed by atoms with Gasteiger partial charge in [-0.05, 0) is 31.9 Å². The van der Waals surface area contributed by atoms with E-state index in [0.29, 0.717) is 18.9 Å². The van der Waals surface area contributed by atoms with Crippen LogP contribution < -0.4 is 0 Å². The van der Waals surface area contributed by atoms with Crippen LogP contribution in [0.3, 0.4) is 0 Å². The van der Waals surface area contributed by atoms with Gasteiger partial charge in [-0.15, -0.1) is 11.3 Å². The zero-order chi connectivity index (χ0) is 16.9. The largest absolute Gasteiger partial charge is 0.466 e. The van der Waals surface area contributed by atoms with E-state index >= 15 is 0 Å². The number of hydrogen-bond acceptors (Lipinski definition) is 6. The van der Waals surface area contributed by atoms with Crippen molar-refractivity contribution in [1.29, 1.82) is 0 Å². The highest BCUT2D eigenvalue weighted by atomic mass is 32.2. The van der Waals surface area contributed by atoms with Crippen molar-refractivity contribution < 1.29 is 14.3 Å². The fourth-order valence-corrected chi connectivity index (χ4v) is 4.75. The van der Waals surface area contributed by atoms with E-state index in [1.54, 1.807) is 23.2 Å². The van der Waals surface area contributed by atoms with Gasteiger partial charge in [0.05, 0.1) is 28.5 Å². The van der Waals surface area contributed by atoms with Gasteiger partial charge in [-0.2, -0.15) is 0 Å². The minimum Gasteiger partial charge on any atom is -0.466 e. The van der Waals surface area contributed by atoms with Crippen LogP contribution in [0.25, 0.3) is 10.2 Å². The molecule has 0 bridgehead atoms. The van der Waals surface area contributed by atoms with Crippen molar-refractivity contribution in [2.45, 2.75) is 24.1 Å². The molecule has 1 aliphatic rings. The molecule has 2 heterocycles.